The Labute approximate surface area is 401 Å². The van der Waals surface area contributed by atoms with Gasteiger partial charge in [-0.3, -0.25) is 24.6 Å². The molecule has 4 fully saturated rings. The second-order valence-electron chi connectivity index (χ2n) is 20.6. The lowest BCUT2D eigenvalue weighted by Crippen LogP contribution is -2.63. The van der Waals surface area contributed by atoms with Crippen LogP contribution >= 0.6 is 0 Å². The van der Waals surface area contributed by atoms with E-state index in [1.165, 1.54) is 36.5 Å². The second kappa shape index (κ2) is 17.9. The number of aromatic nitrogens is 2. The molecule has 2 saturated carbocycles. The number of carbonyl (C=O) groups excluding carboxylic acids is 2. The van der Waals surface area contributed by atoms with Crippen LogP contribution in [0.3, 0.4) is 0 Å². The Balaban J connectivity index is 0.885. The number of pyridine rings is 1. The summed E-state index contributed by atoms with van der Waals surface area (Å²) in [6.07, 6.45) is 9.78. The van der Waals surface area contributed by atoms with E-state index in [0.29, 0.717) is 54.6 Å². The summed E-state index contributed by atoms with van der Waals surface area (Å²) in [5.74, 6) is -0.985. The van der Waals surface area contributed by atoms with Gasteiger partial charge in [-0.05, 0) is 117 Å². The number of nitrogens with one attached hydrogen (secondary N) is 3. The van der Waals surface area contributed by atoms with Gasteiger partial charge in [0.05, 0.1) is 27.0 Å². The number of likely N-dealkylation sites (tertiary alicyclic amines) is 1. The molecule has 18 heteroatoms. The molecular weight excluding hydrogens is 901 g/mol. The first-order valence-electron chi connectivity index (χ1n) is 24.2. The van der Waals surface area contributed by atoms with Crippen LogP contribution in [0.4, 0.5) is 17.1 Å². The van der Waals surface area contributed by atoms with Gasteiger partial charge in [0.15, 0.2) is 22.9 Å². The predicted molar refractivity (Wildman–Crippen MR) is 261 cm³/mol. The summed E-state index contributed by atoms with van der Waals surface area (Å²) < 4.78 is 42.5. The molecule has 5 aromatic rings. The van der Waals surface area contributed by atoms with Crippen LogP contribution in [-0.4, -0.2) is 95.6 Å². The number of nitro benzene ring substituents is 1. The number of H-pyrrole nitrogens is 1. The molecule has 0 bridgehead atoms. The quantitative estimate of drug-likeness (QED) is 0.0590. The van der Waals surface area contributed by atoms with E-state index in [-0.39, 0.29) is 58.2 Å². The first-order valence-corrected chi connectivity index (χ1v) is 25.6. The minimum atomic E-state index is -4.75. The molecule has 5 aliphatic rings. The van der Waals surface area contributed by atoms with E-state index in [0.717, 1.165) is 56.8 Å². The van der Waals surface area contributed by atoms with Crippen molar-refractivity contribution in [2.75, 3.05) is 43.0 Å². The summed E-state index contributed by atoms with van der Waals surface area (Å²) in [7, 11) is -4.75. The lowest BCUT2D eigenvalue weighted by Gasteiger charge is -2.57. The van der Waals surface area contributed by atoms with Crippen LogP contribution in [0.25, 0.3) is 11.0 Å². The van der Waals surface area contributed by atoms with E-state index >= 15 is 0 Å². The van der Waals surface area contributed by atoms with E-state index in [2.05, 4.69) is 67.9 Å². The van der Waals surface area contributed by atoms with E-state index in [4.69, 9.17) is 15.2 Å². The molecule has 0 unspecified atom stereocenters. The minimum absolute atomic E-state index is 0.0378. The lowest BCUT2D eigenvalue weighted by molar-refractivity contribution is -0.384. The number of amides is 2. The van der Waals surface area contributed by atoms with Crippen LogP contribution in [0.1, 0.15) is 122 Å². The Bertz CT molecular complexity index is 2930. The van der Waals surface area contributed by atoms with Crippen LogP contribution in [0.5, 0.6) is 17.2 Å². The molecule has 0 radical (unpaired) electrons. The number of nitrogens with two attached hydrogens (primary N) is 1. The molecule has 6 N–H and O–H groups in total. The molecule has 3 aliphatic heterocycles. The van der Waals surface area contributed by atoms with Gasteiger partial charge in [0.2, 0.25) is 0 Å². The molecule has 2 amide bonds. The van der Waals surface area contributed by atoms with Gasteiger partial charge in [-0.2, -0.15) is 0 Å². The summed E-state index contributed by atoms with van der Waals surface area (Å²) in [6.45, 7) is 10.1. The normalized spacial score (nSPS) is 24.6. The van der Waals surface area contributed by atoms with Gasteiger partial charge in [-0.25, -0.2) is 18.1 Å². The summed E-state index contributed by atoms with van der Waals surface area (Å²) >= 11 is 0. The molecule has 2 saturated heterocycles. The van der Waals surface area contributed by atoms with Crippen molar-refractivity contribution in [3.63, 3.8) is 0 Å². The van der Waals surface area contributed by atoms with Gasteiger partial charge in [-0.1, -0.05) is 44.5 Å². The first-order chi connectivity index (χ1) is 33.0. The van der Waals surface area contributed by atoms with Crippen molar-refractivity contribution in [2.24, 2.45) is 17.1 Å². The SMILES string of the molecule is CC(C)c1ccccc1[C@@H]1CCC[C@H]1N1CC2(CCN(c3ccc(C(=O)NS(=O)(=O)c4cc5c(c([N+](=O)[O-])c4)N[C@@H]([C@H]4CC[C@](C)(O)CC4)CO5)c(Oc4cc5cc[nH]c5nc4C(N)=O)c3)CC2)C1. The number of ether oxygens (including phenoxy) is 2. The molecule has 17 nitrogen and oxygen atoms in total. The van der Waals surface area contributed by atoms with Crippen molar-refractivity contribution in [3.05, 3.63) is 105 Å². The van der Waals surface area contributed by atoms with Crippen LogP contribution in [0.15, 0.2) is 77.8 Å². The number of primary amides is 1. The number of fused-ring (bicyclic) bond motifs is 2. The van der Waals surface area contributed by atoms with E-state index in [1.807, 2.05) is 0 Å². The van der Waals surface area contributed by atoms with Crippen molar-refractivity contribution in [3.8, 4) is 17.2 Å². The van der Waals surface area contributed by atoms with Crippen LogP contribution in [0, 0.1) is 21.4 Å². The maximum Gasteiger partial charge on any atom is 0.297 e. The number of sulfonamides is 1. The lowest BCUT2D eigenvalue weighted by atomic mass is 9.70. The highest BCUT2D eigenvalue weighted by molar-refractivity contribution is 7.90. The van der Waals surface area contributed by atoms with Crippen LogP contribution in [0.2, 0.25) is 0 Å². The molecule has 2 aliphatic carbocycles. The van der Waals surface area contributed by atoms with Crippen LogP contribution < -0.4 is 30.1 Å². The maximum atomic E-state index is 14.2. The number of nitro groups is 1. The number of nitrogens with zero attached hydrogens (tertiary/aromatic N) is 4. The second-order valence-corrected chi connectivity index (χ2v) is 22.3. The van der Waals surface area contributed by atoms with Crippen LogP contribution in [-0.2, 0) is 10.0 Å². The molecule has 3 aromatic carbocycles. The van der Waals surface area contributed by atoms with Crippen molar-refractivity contribution in [2.45, 2.75) is 113 Å². The molecule has 1 spiro atoms. The van der Waals surface area contributed by atoms with Gasteiger partial charge < -0.3 is 35.5 Å². The van der Waals surface area contributed by atoms with Gasteiger partial charge in [0.1, 0.15) is 18.0 Å². The van der Waals surface area contributed by atoms with Crippen molar-refractivity contribution in [1.29, 1.82) is 0 Å². The smallest absolute Gasteiger partial charge is 0.297 e. The number of aliphatic hydroxyl groups is 1. The molecule has 5 heterocycles. The van der Waals surface area contributed by atoms with Crippen molar-refractivity contribution < 1.29 is 37.5 Å². The maximum absolute atomic E-state index is 14.2. The number of hydrogen-bond acceptors (Lipinski definition) is 13. The Morgan fingerprint density at radius 2 is 1.75 bits per heavy atom. The van der Waals surface area contributed by atoms with Gasteiger partial charge in [-0.15, -0.1) is 0 Å². The largest absolute Gasteiger partial charge is 0.489 e. The highest BCUT2D eigenvalue weighted by Crippen LogP contribution is 2.49. The van der Waals surface area contributed by atoms with E-state index in [1.54, 1.807) is 37.4 Å². The van der Waals surface area contributed by atoms with Gasteiger partial charge in [0.25, 0.3) is 27.5 Å². The third-order valence-corrected chi connectivity index (χ3v) is 16.9. The molecule has 10 rings (SSSR count). The summed E-state index contributed by atoms with van der Waals surface area (Å²) in [5, 5.41) is 26.7. The molecule has 2 aromatic heterocycles. The Hall–Kier alpha value is -6.24. The zero-order valence-corrected chi connectivity index (χ0v) is 40.0. The van der Waals surface area contributed by atoms with E-state index < -0.39 is 42.9 Å². The highest BCUT2D eigenvalue weighted by Gasteiger charge is 2.49. The molecule has 69 heavy (non-hydrogen) atoms. The third-order valence-electron chi connectivity index (χ3n) is 15.6. The number of anilines is 2. The highest BCUT2D eigenvalue weighted by atomic mass is 32.2. The standard InChI is InChI=1S/C51H60N8O9S/c1-30(2)35-7-4-5-8-36(35)37-9-6-10-40(37)58-28-51(29-58)18-21-57(22-19-51)33-11-12-38(42(24-33)68-44-23-32-15-20-53-48(32)55-46(44)47(52)60)49(61)56-69(65,66)34-25-41(59(63)64)45-43(26-34)67-27-39(54-45)31-13-16-50(3,62)17-14-31/h4-5,7-8,11-12,15,20,23-26,30-31,37,39-40,54,62H,6,9-10,13-14,16-19,21-22,27-29H2,1-3H3,(H2,52,60)(H,53,55)(H,56,61)/t31-,37-,39+,40+,50-/m0/s1. The number of piperidine rings is 1. The predicted octanol–water partition coefficient (Wildman–Crippen LogP) is 7.96. The summed E-state index contributed by atoms with van der Waals surface area (Å²) in [6, 6.07) is 19.4. The summed E-state index contributed by atoms with van der Waals surface area (Å²) in [5.41, 5.74) is 8.43. The fourth-order valence-electron chi connectivity index (χ4n) is 11.7. The van der Waals surface area contributed by atoms with Gasteiger partial charge in [0, 0.05) is 67.7 Å². The number of benzene rings is 3. The topological polar surface area (TPSA) is 235 Å². The number of aromatic amines is 1. The monoisotopic (exact) mass is 960 g/mol. The van der Waals surface area contributed by atoms with Crippen molar-refractivity contribution in [1.82, 2.24) is 19.6 Å². The number of rotatable bonds is 12. The average Bonchev–Trinajstić information content (AvgIpc) is 4.00. The number of carbonyl (C=O) groups is 2. The fourth-order valence-corrected chi connectivity index (χ4v) is 12.7. The Morgan fingerprint density at radius 3 is 2.48 bits per heavy atom. The van der Waals surface area contributed by atoms with Gasteiger partial charge >= 0.3 is 0 Å². The summed E-state index contributed by atoms with van der Waals surface area (Å²) in [4.78, 5) is 50.4. The Kier molecular flexibility index (Phi) is 12.1. The van der Waals surface area contributed by atoms with Crippen molar-refractivity contribution >= 4 is 49.9 Å². The Morgan fingerprint density at radius 1 is 1.00 bits per heavy atom. The fraction of sp³-hybridized carbons (Fsp3) is 0.471. The minimum Gasteiger partial charge on any atom is -0.489 e. The third kappa shape index (κ3) is 9.09. The average molecular weight is 961 g/mol. The van der Waals surface area contributed by atoms with E-state index in [9.17, 15) is 33.2 Å². The first kappa shape index (κ1) is 46.5. The molecule has 364 valence electrons. The number of hydrogen-bond donors (Lipinski definition) is 5. The zero-order chi connectivity index (χ0) is 48.4. The molecule has 3 atom stereocenters. The molecular formula is C51H60N8O9S. The zero-order valence-electron chi connectivity index (χ0n) is 39.2.